The van der Waals surface area contributed by atoms with Crippen LogP contribution in [0.2, 0.25) is 0 Å². The zero-order chi connectivity index (χ0) is 26.0. The topological polar surface area (TPSA) is 63.8 Å². The molecular weight excluding hydrogens is 500 g/mol. The lowest BCUT2D eigenvalue weighted by Crippen LogP contribution is -2.31. The van der Waals surface area contributed by atoms with Gasteiger partial charge in [-0.15, -0.1) is 0 Å². The number of halogens is 4. The maximum Gasteiger partial charge on any atom is 0.416 e. The van der Waals surface area contributed by atoms with Gasteiger partial charge in [-0.1, -0.05) is 35.6 Å². The molecular formula is C28H22F4N4S. The van der Waals surface area contributed by atoms with E-state index in [-0.39, 0.29) is 11.9 Å². The van der Waals surface area contributed by atoms with Gasteiger partial charge >= 0.3 is 6.18 Å². The molecule has 5 rings (SSSR count). The number of benzene rings is 3. The van der Waals surface area contributed by atoms with Crippen LogP contribution >= 0.6 is 11.3 Å². The summed E-state index contributed by atoms with van der Waals surface area (Å²) in [5.41, 5.74) is 8.78. The van der Waals surface area contributed by atoms with Crippen LogP contribution in [0.5, 0.6) is 0 Å². The summed E-state index contributed by atoms with van der Waals surface area (Å²) in [6.45, 7) is 0.375. The summed E-state index contributed by atoms with van der Waals surface area (Å²) < 4.78 is 52.0. The normalized spacial score (nSPS) is 12.6. The Hall–Kier alpha value is -3.82. The fourth-order valence-electron chi connectivity index (χ4n) is 4.04. The van der Waals surface area contributed by atoms with Gasteiger partial charge in [-0.3, -0.25) is 4.98 Å². The summed E-state index contributed by atoms with van der Waals surface area (Å²) in [5.74, 6) is -0.327. The quantitative estimate of drug-likeness (QED) is 0.223. The standard InChI is InChI=1S/C28H22F4N4S/c29-23-9-5-18(6-10-23)25-26(20-3-4-21-15-34-12-11-19(21)14-20)37-27(36-25)35-16-24(33)13-17-1-7-22(8-2-17)28(30,31)32/h1-12,14-15,24H,13,16,33H2,(H,35,36)/t24-/m1/s1. The van der Waals surface area contributed by atoms with Crippen molar-refractivity contribution in [3.8, 4) is 21.7 Å². The molecule has 3 N–H and O–H groups in total. The van der Waals surface area contributed by atoms with E-state index in [0.717, 1.165) is 50.2 Å². The Bertz CT molecular complexity index is 1510. The second-order valence-corrected chi connectivity index (χ2v) is 9.68. The van der Waals surface area contributed by atoms with Gasteiger partial charge < -0.3 is 11.1 Å². The van der Waals surface area contributed by atoms with Crippen LogP contribution in [0.15, 0.2) is 85.2 Å². The van der Waals surface area contributed by atoms with Crippen molar-refractivity contribution in [2.75, 3.05) is 11.9 Å². The highest BCUT2D eigenvalue weighted by molar-refractivity contribution is 7.19. The Morgan fingerprint density at radius 3 is 2.35 bits per heavy atom. The number of anilines is 1. The lowest BCUT2D eigenvalue weighted by Gasteiger charge is -2.13. The van der Waals surface area contributed by atoms with E-state index < -0.39 is 11.7 Å². The van der Waals surface area contributed by atoms with Crippen molar-refractivity contribution in [1.82, 2.24) is 9.97 Å². The van der Waals surface area contributed by atoms with Crippen LogP contribution < -0.4 is 11.1 Å². The molecule has 0 unspecified atom stereocenters. The highest BCUT2D eigenvalue weighted by Crippen LogP contribution is 2.40. The van der Waals surface area contributed by atoms with E-state index in [1.54, 1.807) is 24.5 Å². The fraction of sp³-hybridized carbons (Fsp3) is 0.143. The third-order valence-corrected chi connectivity index (χ3v) is 7.00. The molecule has 0 aliphatic heterocycles. The molecule has 5 aromatic rings. The van der Waals surface area contributed by atoms with Gasteiger partial charge in [0.1, 0.15) is 5.82 Å². The number of fused-ring (bicyclic) bond motifs is 1. The highest BCUT2D eigenvalue weighted by atomic mass is 32.1. The Balaban J connectivity index is 1.37. The molecule has 0 saturated carbocycles. The van der Waals surface area contributed by atoms with E-state index in [1.165, 1.54) is 35.6 Å². The predicted octanol–water partition coefficient (Wildman–Crippen LogP) is 7.17. The first-order valence-electron chi connectivity index (χ1n) is 11.5. The minimum Gasteiger partial charge on any atom is -0.360 e. The molecule has 0 radical (unpaired) electrons. The molecule has 9 heteroatoms. The summed E-state index contributed by atoms with van der Waals surface area (Å²) >= 11 is 1.46. The van der Waals surface area contributed by atoms with Gasteiger partial charge in [0, 0.05) is 35.9 Å². The number of nitrogens with two attached hydrogens (primary N) is 1. The van der Waals surface area contributed by atoms with Gasteiger partial charge in [-0.2, -0.15) is 13.2 Å². The first kappa shape index (κ1) is 24.9. The average molecular weight is 523 g/mol. The molecule has 0 saturated heterocycles. The molecule has 2 aromatic heterocycles. The molecule has 188 valence electrons. The summed E-state index contributed by atoms with van der Waals surface area (Å²) in [5, 5.41) is 5.97. The van der Waals surface area contributed by atoms with Crippen molar-refractivity contribution in [3.05, 3.63) is 102 Å². The van der Waals surface area contributed by atoms with Crippen molar-refractivity contribution < 1.29 is 17.6 Å². The van der Waals surface area contributed by atoms with Crippen molar-refractivity contribution in [2.45, 2.75) is 18.6 Å². The Kier molecular flexibility index (Phi) is 6.90. The van der Waals surface area contributed by atoms with Gasteiger partial charge in [0.15, 0.2) is 5.13 Å². The Morgan fingerprint density at radius 1 is 0.892 bits per heavy atom. The maximum atomic E-state index is 13.6. The number of nitrogens with zero attached hydrogens (tertiary/aromatic N) is 2. The van der Waals surface area contributed by atoms with Crippen LogP contribution in [0.25, 0.3) is 32.5 Å². The molecule has 0 aliphatic carbocycles. The van der Waals surface area contributed by atoms with Crippen molar-refractivity contribution in [3.63, 3.8) is 0 Å². The molecule has 4 nitrogen and oxygen atoms in total. The third kappa shape index (κ3) is 5.79. The first-order valence-corrected chi connectivity index (χ1v) is 12.3. The molecule has 0 aliphatic rings. The lowest BCUT2D eigenvalue weighted by atomic mass is 10.0. The number of thiazole rings is 1. The van der Waals surface area contributed by atoms with E-state index in [2.05, 4.69) is 16.4 Å². The van der Waals surface area contributed by atoms with Crippen molar-refractivity contribution in [1.29, 1.82) is 0 Å². The minimum absolute atomic E-state index is 0.327. The number of rotatable bonds is 7. The molecule has 0 bridgehead atoms. The van der Waals surface area contributed by atoms with Crippen molar-refractivity contribution >= 4 is 27.2 Å². The number of hydrogen-bond acceptors (Lipinski definition) is 5. The third-order valence-electron chi connectivity index (χ3n) is 5.94. The SMILES string of the molecule is N[C@@H](CNc1nc(-c2ccc(F)cc2)c(-c2ccc3cnccc3c2)s1)Cc1ccc(C(F)(F)F)cc1. The number of pyridine rings is 1. The van der Waals surface area contributed by atoms with E-state index in [4.69, 9.17) is 10.7 Å². The minimum atomic E-state index is -4.37. The number of hydrogen-bond donors (Lipinski definition) is 2. The highest BCUT2D eigenvalue weighted by Gasteiger charge is 2.30. The number of nitrogens with one attached hydrogen (secondary N) is 1. The molecule has 0 amide bonds. The van der Waals surface area contributed by atoms with Crippen LogP contribution in [-0.4, -0.2) is 22.6 Å². The zero-order valence-electron chi connectivity index (χ0n) is 19.5. The second kappa shape index (κ2) is 10.3. The molecule has 2 heterocycles. The zero-order valence-corrected chi connectivity index (χ0v) is 20.3. The fourth-order valence-corrected chi connectivity index (χ4v) is 5.03. The number of aromatic nitrogens is 2. The maximum absolute atomic E-state index is 13.6. The smallest absolute Gasteiger partial charge is 0.360 e. The van der Waals surface area contributed by atoms with E-state index >= 15 is 0 Å². The average Bonchev–Trinajstić information content (AvgIpc) is 3.32. The summed E-state index contributed by atoms with van der Waals surface area (Å²) in [4.78, 5) is 9.86. The molecule has 3 aromatic carbocycles. The first-order chi connectivity index (χ1) is 17.8. The van der Waals surface area contributed by atoms with Crippen LogP contribution in [0, 0.1) is 5.82 Å². The second-order valence-electron chi connectivity index (χ2n) is 8.68. The Morgan fingerprint density at radius 2 is 1.62 bits per heavy atom. The van der Waals surface area contributed by atoms with Crippen LogP contribution in [-0.2, 0) is 12.6 Å². The van der Waals surface area contributed by atoms with Crippen LogP contribution in [0.1, 0.15) is 11.1 Å². The van der Waals surface area contributed by atoms with E-state index in [9.17, 15) is 17.6 Å². The van der Waals surface area contributed by atoms with Gasteiger partial charge in [0.25, 0.3) is 0 Å². The lowest BCUT2D eigenvalue weighted by molar-refractivity contribution is -0.137. The molecule has 0 spiro atoms. The van der Waals surface area contributed by atoms with Crippen LogP contribution in [0.3, 0.4) is 0 Å². The van der Waals surface area contributed by atoms with Gasteiger partial charge in [0.2, 0.25) is 0 Å². The Labute approximate surface area is 214 Å². The largest absolute Gasteiger partial charge is 0.416 e. The van der Waals surface area contributed by atoms with Gasteiger partial charge in [-0.05, 0) is 71.5 Å². The number of alkyl halides is 3. The van der Waals surface area contributed by atoms with E-state index in [0.29, 0.717) is 18.1 Å². The van der Waals surface area contributed by atoms with E-state index in [1.807, 2.05) is 18.2 Å². The summed E-state index contributed by atoms with van der Waals surface area (Å²) in [7, 11) is 0. The summed E-state index contributed by atoms with van der Waals surface area (Å²) in [6.07, 6.45) is -0.412. The molecule has 1 atom stereocenters. The van der Waals surface area contributed by atoms with Crippen LogP contribution in [0.4, 0.5) is 22.7 Å². The molecule has 37 heavy (non-hydrogen) atoms. The van der Waals surface area contributed by atoms with Crippen molar-refractivity contribution in [2.24, 2.45) is 5.73 Å². The van der Waals surface area contributed by atoms with Gasteiger partial charge in [-0.25, -0.2) is 9.37 Å². The monoisotopic (exact) mass is 522 g/mol. The van der Waals surface area contributed by atoms with Gasteiger partial charge in [0.05, 0.1) is 16.1 Å². The molecule has 0 fully saturated rings. The predicted molar refractivity (Wildman–Crippen MR) is 140 cm³/mol. The summed E-state index contributed by atoms with van der Waals surface area (Å²) in [6, 6.07) is 18.9.